The molecule has 0 spiro atoms. The lowest BCUT2D eigenvalue weighted by Crippen LogP contribution is -2.44. The van der Waals surface area contributed by atoms with Gasteiger partial charge < -0.3 is 20.2 Å². The summed E-state index contributed by atoms with van der Waals surface area (Å²) in [4.78, 5) is 39.5. The minimum Gasteiger partial charge on any atom is -0.481 e. The van der Waals surface area contributed by atoms with Crippen LogP contribution in [0.3, 0.4) is 0 Å². The molecule has 2 aliphatic rings. The van der Waals surface area contributed by atoms with Crippen LogP contribution in [-0.2, 0) is 16.1 Å². The second kappa shape index (κ2) is 6.34. The molecule has 0 radical (unpaired) electrons. The van der Waals surface area contributed by atoms with Gasteiger partial charge in [0.15, 0.2) is 0 Å². The highest BCUT2D eigenvalue weighted by Crippen LogP contribution is 2.43. The van der Waals surface area contributed by atoms with E-state index in [4.69, 9.17) is 0 Å². The Balaban J connectivity index is 1.67. The minimum absolute atomic E-state index is 0.00446. The van der Waals surface area contributed by atoms with Crippen molar-refractivity contribution in [3.8, 4) is 0 Å². The quantitative estimate of drug-likeness (QED) is 0.845. The van der Waals surface area contributed by atoms with Crippen LogP contribution in [0.25, 0.3) is 0 Å². The zero-order valence-corrected chi connectivity index (χ0v) is 13.9. The summed E-state index contributed by atoms with van der Waals surface area (Å²) < 4.78 is 12.9. The predicted molar refractivity (Wildman–Crippen MR) is 86.0 cm³/mol. The van der Waals surface area contributed by atoms with Gasteiger partial charge in [0.25, 0.3) is 0 Å². The van der Waals surface area contributed by atoms with Crippen LogP contribution in [0, 0.1) is 17.2 Å². The topological polar surface area (TPSA) is 90.0 Å². The van der Waals surface area contributed by atoms with Crippen LogP contribution in [0.2, 0.25) is 0 Å². The number of benzene rings is 1. The average molecular weight is 349 g/mol. The van der Waals surface area contributed by atoms with Gasteiger partial charge in [-0.15, -0.1) is 0 Å². The van der Waals surface area contributed by atoms with E-state index in [9.17, 15) is 23.9 Å². The van der Waals surface area contributed by atoms with Gasteiger partial charge in [0.1, 0.15) is 11.2 Å². The van der Waals surface area contributed by atoms with Crippen molar-refractivity contribution in [3.05, 3.63) is 35.6 Å². The summed E-state index contributed by atoms with van der Waals surface area (Å²) in [5.74, 6) is -2.32. The lowest BCUT2D eigenvalue weighted by molar-refractivity contribution is -0.149. The number of hydrogen-bond acceptors (Lipinski definition) is 3. The highest BCUT2D eigenvalue weighted by Gasteiger charge is 2.62. The summed E-state index contributed by atoms with van der Waals surface area (Å²) in [5, 5.41) is 12.4. The van der Waals surface area contributed by atoms with Crippen LogP contribution in [0.1, 0.15) is 12.5 Å². The first kappa shape index (κ1) is 17.2. The molecular weight excluding hydrogens is 329 g/mol. The normalized spacial score (nSPS) is 25.2. The van der Waals surface area contributed by atoms with Crippen molar-refractivity contribution in [1.82, 2.24) is 15.1 Å². The van der Waals surface area contributed by atoms with Gasteiger partial charge in [0.05, 0.1) is 5.92 Å². The highest BCUT2D eigenvalue weighted by molar-refractivity contribution is 5.93. The smallest absolute Gasteiger partial charge is 0.317 e. The summed E-state index contributed by atoms with van der Waals surface area (Å²) in [6.45, 7) is 2.70. The Bertz CT molecular complexity index is 708. The third-order valence-corrected chi connectivity index (χ3v) is 5.08. The third-order valence-electron chi connectivity index (χ3n) is 5.08. The Morgan fingerprint density at radius 3 is 2.56 bits per heavy atom. The molecule has 0 aromatic heterocycles. The first-order chi connectivity index (χ1) is 11.9. The zero-order chi connectivity index (χ0) is 18.2. The van der Waals surface area contributed by atoms with E-state index in [1.807, 2.05) is 6.92 Å². The van der Waals surface area contributed by atoms with Gasteiger partial charge in [-0.2, -0.15) is 0 Å². The highest BCUT2D eigenvalue weighted by atomic mass is 19.1. The molecule has 0 bridgehead atoms. The van der Waals surface area contributed by atoms with E-state index < -0.39 is 23.3 Å². The summed E-state index contributed by atoms with van der Waals surface area (Å²) in [5.41, 5.74) is -0.504. The molecule has 3 amide bonds. The molecule has 134 valence electrons. The van der Waals surface area contributed by atoms with Gasteiger partial charge in [-0.25, -0.2) is 9.18 Å². The van der Waals surface area contributed by atoms with Crippen LogP contribution in [0.5, 0.6) is 0 Å². The molecule has 2 fully saturated rings. The van der Waals surface area contributed by atoms with Gasteiger partial charge in [0, 0.05) is 32.7 Å². The summed E-state index contributed by atoms with van der Waals surface area (Å²) >= 11 is 0. The fourth-order valence-electron chi connectivity index (χ4n) is 3.62. The number of urea groups is 1. The molecule has 7 nitrogen and oxygen atoms in total. The summed E-state index contributed by atoms with van der Waals surface area (Å²) in [6.07, 6.45) is 0. The van der Waals surface area contributed by atoms with Gasteiger partial charge >= 0.3 is 12.0 Å². The molecule has 0 saturated carbocycles. The van der Waals surface area contributed by atoms with Gasteiger partial charge in [-0.1, -0.05) is 12.1 Å². The number of carboxylic acid groups (broad SMARTS) is 1. The van der Waals surface area contributed by atoms with Crippen molar-refractivity contribution in [2.45, 2.75) is 13.5 Å². The second-order valence-electron chi connectivity index (χ2n) is 6.53. The number of fused-ring (bicyclic) bond motifs is 1. The number of halogens is 1. The number of aliphatic carboxylic acids is 1. The average Bonchev–Trinajstić information content (AvgIpc) is 3.10. The van der Waals surface area contributed by atoms with Gasteiger partial charge in [-0.05, 0) is 24.6 Å². The summed E-state index contributed by atoms with van der Waals surface area (Å²) in [6, 6.07) is 5.32. The number of amides is 3. The molecule has 1 aromatic rings. The molecule has 1 aromatic carbocycles. The molecule has 3 rings (SSSR count). The number of carbonyl (C=O) groups excluding carboxylic acids is 2. The lowest BCUT2D eigenvalue weighted by atomic mass is 9.81. The molecule has 25 heavy (non-hydrogen) atoms. The zero-order valence-electron chi connectivity index (χ0n) is 13.9. The largest absolute Gasteiger partial charge is 0.481 e. The van der Waals surface area contributed by atoms with Crippen LogP contribution >= 0.6 is 0 Å². The Hall–Kier alpha value is -2.64. The van der Waals surface area contributed by atoms with Crippen molar-refractivity contribution in [3.63, 3.8) is 0 Å². The fourth-order valence-corrected chi connectivity index (χ4v) is 3.62. The summed E-state index contributed by atoms with van der Waals surface area (Å²) in [7, 11) is 0. The van der Waals surface area contributed by atoms with E-state index in [2.05, 4.69) is 5.32 Å². The maximum absolute atomic E-state index is 12.9. The van der Waals surface area contributed by atoms with Crippen LogP contribution in [0.15, 0.2) is 24.3 Å². The molecule has 2 aliphatic heterocycles. The first-order valence-corrected chi connectivity index (χ1v) is 8.17. The van der Waals surface area contributed by atoms with E-state index in [0.717, 1.165) is 5.56 Å². The van der Waals surface area contributed by atoms with Crippen molar-refractivity contribution >= 4 is 17.9 Å². The Morgan fingerprint density at radius 1 is 1.32 bits per heavy atom. The Labute approximate surface area is 144 Å². The van der Waals surface area contributed by atoms with Gasteiger partial charge in [0.2, 0.25) is 5.91 Å². The molecule has 0 unspecified atom stereocenters. The minimum atomic E-state index is -1.24. The molecular formula is C17H20FN3O4. The van der Waals surface area contributed by atoms with E-state index >= 15 is 0 Å². The van der Waals surface area contributed by atoms with E-state index in [-0.39, 0.29) is 37.9 Å². The van der Waals surface area contributed by atoms with E-state index in [1.54, 1.807) is 12.1 Å². The molecule has 8 heteroatoms. The van der Waals surface area contributed by atoms with E-state index in [0.29, 0.717) is 6.54 Å². The van der Waals surface area contributed by atoms with Crippen molar-refractivity contribution in [2.24, 2.45) is 11.3 Å². The third kappa shape index (κ3) is 2.92. The molecule has 2 N–H and O–H groups in total. The first-order valence-electron chi connectivity index (χ1n) is 8.17. The number of rotatable bonds is 4. The number of likely N-dealkylation sites (tertiary alicyclic amines) is 2. The molecule has 2 heterocycles. The number of nitrogens with one attached hydrogen (secondary N) is 1. The maximum atomic E-state index is 12.9. The van der Waals surface area contributed by atoms with Crippen LogP contribution < -0.4 is 5.32 Å². The Kier molecular flexibility index (Phi) is 4.36. The van der Waals surface area contributed by atoms with Crippen molar-refractivity contribution in [2.75, 3.05) is 26.2 Å². The number of hydrogen-bond donors (Lipinski definition) is 2. The van der Waals surface area contributed by atoms with Crippen LogP contribution in [-0.4, -0.2) is 59.0 Å². The fraction of sp³-hybridized carbons (Fsp3) is 0.471. The SMILES string of the molecule is CCN1C[C@]2(C(=O)O)CN(C(=O)NCc3ccc(F)cc3)C[C@@H]2C1=O. The van der Waals surface area contributed by atoms with Crippen molar-refractivity contribution < 1.29 is 23.9 Å². The predicted octanol–water partition coefficient (Wildman–Crippen LogP) is 0.900. The standard InChI is InChI=1S/C17H20FN3O4/c1-2-20-9-17(15(23)24)10-21(8-13(17)14(20)22)16(25)19-7-11-3-5-12(18)6-4-11/h3-6,13H,2,7-10H2,1H3,(H,19,25)(H,23,24)/t13-,17+/m1/s1. The maximum Gasteiger partial charge on any atom is 0.317 e. The monoisotopic (exact) mass is 349 g/mol. The molecule has 2 saturated heterocycles. The van der Waals surface area contributed by atoms with Crippen molar-refractivity contribution in [1.29, 1.82) is 0 Å². The van der Waals surface area contributed by atoms with E-state index in [1.165, 1.54) is 21.9 Å². The number of nitrogens with zero attached hydrogens (tertiary/aromatic N) is 2. The molecule has 2 atom stereocenters. The molecule has 0 aliphatic carbocycles. The van der Waals surface area contributed by atoms with Crippen LogP contribution in [0.4, 0.5) is 9.18 Å². The van der Waals surface area contributed by atoms with Gasteiger partial charge in [-0.3, -0.25) is 9.59 Å². The second-order valence-corrected chi connectivity index (χ2v) is 6.53. The Morgan fingerprint density at radius 2 is 2.00 bits per heavy atom. The lowest BCUT2D eigenvalue weighted by Gasteiger charge is -2.24. The number of carboxylic acids is 1. The number of carbonyl (C=O) groups is 3.